The molecule has 1 fully saturated rings. The highest BCUT2D eigenvalue weighted by Crippen LogP contribution is 2.21. The Morgan fingerprint density at radius 2 is 2.11 bits per heavy atom. The smallest absolute Gasteiger partial charge is 0.105 e. The molecule has 2 heterocycles. The summed E-state index contributed by atoms with van der Waals surface area (Å²) in [6.45, 7) is 10.5. The molecule has 0 radical (unpaired) electrons. The highest BCUT2D eigenvalue weighted by Gasteiger charge is 2.26. The van der Waals surface area contributed by atoms with Crippen molar-refractivity contribution in [2.45, 2.75) is 64.8 Å². The van der Waals surface area contributed by atoms with Crippen molar-refractivity contribution < 1.29 is 4.74 Å². The Bertz CT molecular complexity index is 381. The van der Waals surface area contributed by atoms with E-state index in [2.05, 4.69) is 35.6 Å². The van der Waals surface area contributed by atoms with Crippen molar-refractivity contribution in [3.63, 3.8) is 0 Å². The molecule has 4 nitrogen and oxygen atoms in total. The van der Waals surface area contributed by atoms with Gasteiger partial charge in [0, 0.05) is 24.5 Å². The molecule has 1 aliphatic heterocycles. The van der Waals surface area contributed by atoms with Gasteiger partial charge < -0.3 is 14.6 Å². The summed E-state index contributed by atoms with van der Waals surface area (Å²) >= 11 is 0. The third-order valence-corrected chi connectivity index (χ3v) is 3.38. The van der Waals surface area contributed by atoms with Gasteiger partial charge in [-0.3, -0.25) is 0 Å². The van der Waals surface area contributed by atoms with E-state index in [0.717, 1.165) is 31.8 Å². The third-order valence-electron chi connectivity index (χ3n) is 3.38. The minimum Gasteiger partial charge on any atom is -0.372 e. The van der Waals surface area contributed by atoms with Crippen molar-refractivity contribution in [2.24, 2.45) is 0 Å². The fourth-order valence-electron chi connectivity index (χ4n) is 2.30. The maximum absolute atomic E-state index is 6.07. The zero-order valence-electron chi connectivity index (χ0n) is 11.9. The average Bonchev–Trinajstić information content (AvgIpc) is 2.86. The SMILES string of the molecule is Cc1nccn1CC1CCC(CNC(C)(C)C)O1. The van der Waals surface area contributed by atoms with Crippen LogP contribution >= 0.6 is 0 Å². The van der Waals surface area contributed by atoms with Crippen molar-refractivity contribution in [2.75, 3.05) is 6.54 Å². The number of rotatable bonds is 4. The Labute approximate surface area is 110 Å². The Morgan fingerprint density at radius 3 is 2.72 bits per heavy atom. The number of imidazole rings is 1. The van der Waals surface area contributed by atoms with Gasteiger partial charge in [0.05, 0.1) is 18.8 Å². The quantitative estimate of drug-likeness (QED) is 0.891. The molecule has 1 aromatic rings. The van der Waals surface area contributed by atoms with E-state index >= 15 is 0 Å². The highest BCUT2D eigenvalue weighted by atomic mass is 16.5. The number of hydrogen-bond donors (Lipinski definition) is 1. The number of nitrogens with zero attached hydrogens (tertiary/aromatic N) is 2. The van der Waals surface area contributed by atoms with Crippen LogP contribution < -0.4 is 5.32 Å². The molecule has 2 rings (SSSR count). The van der Waals surface area contributed by atoms with Crippen LogP contribution in [0.25, 0.3) is 0 Å². The molecule has 0 aliphatic carbocycles. The average molecular weight is 251 g/mol. The van der Waals surface area contributed by atoms with Crippen molar-refractivity contribution in [1.29, 1.82) is 0 Å². The maximum Gasteiger partial charge on any atom is 0.105 e. The van der Waals surface area contributed by atoms with Crippen LogP contribution in [0, 0.1) is 6.92 Å². The van der Waals surface area contributed by atoms with Gasteiger partial charge in [-0.25, -0.2) is 4.98 Å². The van der Waals surface area contributed by atoms with Gasteiger partial charge in [0.15, 0.2) is 0 Å². The van der Waals surface area contributed by atoms with E-state index in [0.29, 0.717) is 12.2 Å². The fourth-order valence-corrected chi connectivity index (χ4v) is 2.30. The van der Waals surface area contributed by atoms with Crippen molar-refractivity contribution >= 4 is 0 Å². The first-order valence-electron chi connectivity index (χ1n) is 6.82. The Hall–Kier alpha value is -0.870. The van der Waals surface area contributed by atoms with Gasteiger partial charge in [-0.1, -0.05) is 0 Å². The van der Waals surface area contributed by atoms with Crippen molar-refractivity contribution in [1.82, 2.24) is 14.9 Å². The fraction of sp³-hybridized carbons (Fsp3) is 0.786. The lowest BCUT2D eigenvalue weighted by atomic mass is 10.1. The van der Waals surface area contributed by atoms with Crippen LogP contribution in [0.4, 0.5) is 0 Å². The van der Waals surface area contributed by atoms with Crippen LogP contribution in [-0.2, 0) is 11.3 Å². The molecular weight excluding hydrogens is 226 g/mol. The predicted octanol–water partition coefficient (Wildman–Crippen LogP) is 2.13. The molecule has 1 aromatic heterocycles. The van der Waals surface area contributed by atoms with Crippen molar-refractivity contribution in [3.8, 4) is 0 Å². The lowest BCUT2D eigenvalue weighted by molar-refractivity contribution is 0.0328. The number of nitrogens with one attached hydrogen (secondary N) is 1. The zero-order chi connectivity index (χ0) is 13.2. The number of aromatic nitrogens is 2. The van der Waals surface area contributed by atoms with E-state index in [1.54, 1.807) is 0 Å². The second kappa shape index (κ2) is 5.41. The molecule has 0 amide bonds. The Balaban J connectivity index is 1.77. The molecule has 0 saturated carbocycles. The largest absolute Gasteiger partial charge is 0.372 e. The number of ether oxygens (including phenoxy) is 1. The lowest BCUT2D eigenvalue weighted by Gasteiger charge is -2.23. The van der Waals surface area contributed by atoms with Gasteiger partial charge in [0.1, 0.15) is 5.82 Å². The van der Waals surface area contributed by atoms with E-state index in [9.17, 15) is 0 Å². The third kappa shape index (κ3) is 3.82. The molecule has 1 N–H and O–H groups in total. The van der Waals surface area contributed by atoms with Crippen LogP contribution in [0.15, 0.2) is 12.4 Å². The van der Waals surface area contributed by atoms with Crippen molar-refractivity contribution in [3.05, 3.63) is 18.2 Å². The second-order valence-corrected chi connectivity index (χ2v) is 6.22. The molecule has 0 aromatic carbocycles. The molecular formula is C14H25N3O. The maximum atomic E-state index is 6.07. The lowest BCUT2D eigenvalue weighted by Crippen LogP contribution is -2.41. The summed E-state index contributed by atoms with van der Waals surface area (Å²) in [7, 11) is 0. The first kappa shape index (κ1) is 13.6. The van der Waals surface area contributed by atoms with E-state index in [-0.39, 0.29) is 5.54 Å². The molecule has 0 bridgehead atoms. The predicted molar refractivity (Wildman–Crippen MR) is 72.6 cm³/mol. The number of aryl methyl sites for hydroxylation is 1. The molecule has 1 saturated heterocycles. The summed E-state index contributed by atoms with van der Waals surface area (Å²) in [5, 5.41) is 3.51. The van der Waals surface area contributed by atoms with Gasteiger partial charge in [-0.05, 0) is 40.5 Å². The van der Waals surface area contributed by atoms with E-state index < -0.39 is 0 Å². The van der Waals surface area contributed by atoms with E-state index in [1.807, 2.05) is 19.3 Å². The number of hydrogen-bond acceptors (Lipinski definition) is 3. The molecule has 2 atom stereocenters. The molecule has 0 spiro atoms. The van der Waals surface area contributed by atoms with E-state index in [1.165, 1.54) is 0 Å². The second-order valence-electron chi connectivity index (χ2n) is 6.22. The van der Waals surface area contributed by atoms with Crippen LogP contribution in [0.3, 0.4) is 0 Å². The standard InChI is InChI=1S/C14H25N3O/c1-11-15-7-8-17(11)10-13-6-5-12(18-13)9-16-14(2,3)4/h7-8,12-13,16H,5-6,9-10H2,1-4H3. The normalized spacial score (nSPS) is 24.7. The molecule has 18 heavy (non-hydrogen) atoms. The summed E-state index contributed by atoms with van der Waals surface area (Å²) in [6, 6.07) is 0. The Morgan fingerprint density at radius 1 is 1.39 bits per heavy atom. The Kier molecular flexibility index (Phi) is 4.07. The van der Waals surface area contributed by atoms with Gasteiger partial charge in [-0.2, -0.15) is 0 Å². The van der Waals surface area contributed by atoms with Gasteiger partial charge in [-0.15, -0.1) is 0 Å². The van der Waals surface area contributed by atoms with Crippen LogP contribution in [-0.4, -0.2) is 33.8 Å². The summed E-state index contributed by atoms with van der Waals surface area (Å²) in [5.41, 5.74) is 0.169. The molecule has 4 heteroatoms. The van der Waals surface area contributed by atoms with Gasteiger partial charge in [0.2, 0.25) is 0 Å². The van der Waals surface area contributed by atoms with Gasteiger partial charge in [0.25, 0.3) is 0 Å². The topological polar surface area (TPSA) is 39.1 Å². The summed E-state index contributed by atoms with van der Waals surface area (Å²) in [6.07, 6.45) is 6.88. The highest BCUT2D eigenvalue weighted by molar-refractivity contribution is 4.90. The summed E-state index contributed by atoms with van der Waals surface area (Å²) in [4.78, 5) is 4.24. The minimum absolute atomic E-state index is 0.169. The summed E-state index contributed by atoms with van der Waals surface area (Å²) in [5.74, 6) is 1.06. The molecule has 102 valence electrons. The first-order valence-corrected chi connectivity index (χ1v) is 6.82. The van der Waals surface area contributed by atoms with Crippen LogP contribution in [0.1, 0.15) is 39.4 Å². The van der Waals surface area contributed by atoms with E-state index in [4.69, 9.17) is 4.74 Å². The van der Waals surface area contributed by atoms with Crippen LogP contribution in [0.2, 0.25) is 0 Å². The monoisotopic (exact) mass is 251 g/mol. The minimum atomic E-state index is 0.169. The van der Waals surface area contributed by atoms with Crippen LogP contribution in [0.5, 0.6) is 0 Å². The molecule has 2 unspecified atom stereocenters. The van der Waals surface area contributed by atoms with Gasteiger partial charge >= 0.3 is 0 Å². The molecule has 1 aliphatic rings. The summed E-state index contributed by atoms with van der Waals surface area (Å²) < 4.78 is 8.24. The first-order chi connectivity index (χ1) is 8.44. The zero-order valence-corrected chi connectivity index (χ0v) is 11.9.